The summed E-state index contributed by atoms with van der Waals surface area (Å²) in [6, 6.07) is 9.96. The van der Waals surface area contributed by atoms with Crippen LogP contribution in [-0.4, -0.2) is 10.7 Å². The molecule has 0 saturated carbocycles. The smallest absolute Gasteiger partial charge is 0.0967 e. The predicted molar refractivity (Wildman–Crippen MR) is 67.2 cm³/mol. The summed E-state index contributed by atoms with van der Waals surface area (Å²) < 4.78 is 0. The highest BCUT2D eigenvalue weighted by Gasteiger charge is 1.98. The molecule has 0 fully saturated rings. The van der Waals surface area contributed by atoms with Crippen LogP contribution in [0.25, 0.3) is 10.9 Å². The zero-order chi connectivity index (χ0) is 10.7. The van der Waals surface area contributed by atoms with Gasteiger partial charge in [0.1, 0.15) is 0 Å². The maximum atomic E-state index is 5.71. The minimum absolute atomic E-state index is 0.790. The molecule has 3 heteroatoms. The van der Waals surface area contributed by atoms with Gasteiger partial charge in [0, 0.05) is 11.1 Å². The molecule has 15 heavy (non-hydrogen) atoms. The number of thioether (sulfide) groups is 1. The first-order chi connectivity index (χ1) is 7.29. The summed E-state index contributed by atoms with van der Waals surface area (Å²) in [5.74, 6) is 1.12. The lowest BCUT2D eigenvalue weighted by Gasteiger charge is -2.02. The average Bonchev–Trinajstić information content (AvgIpc) is 2.26. The predicted octanol–water partition coefficient (Wildman–Crippen LogP) is 3.32. The summed E-state index contributed by atoms with van der Waals surface area (Å²) in [7, 11) is 0. The van der Waals surface area contributed by atoms with Crippen LogP contribution in [0.3, 0.4) is 0 Å². The zero-order valence-electron chi connectivity index (χ0n) is 8.73. The Labute approximate surface area is 93.9 Å². The second-order valence-electron chi connectivity index (χ2n) is 3.45. The molecule has 2 nitrogen and oxygen atoms in total. The van der Waals surface area contributed by atoms with Crippen LogP contribution in [0.2, 0.25) is 0 Å². The molecule has 1 aromatic carbocycles. The van der Waals surface area contributed by atoms with Crippen molar-refractivity contribution in [2.75, 3.05) is 11.5 Å². The molecule has 0 atom stereocenters. The largest absolute Gasteiger partial charge is 0.399 e. The van der Waals surface area contributed by atoms with Gasteiger partial charge in [-0.05, 0) is 36.4 Å². The summed E-state index contributed by atoms with van der Waals surface area (Å²) in [5, 5.41) is 2.20. The Bertz CT molecular complexity index is 468. The van der Waals surface area contributed by atoms with Crippen molar-refractivity contribution in [3.05, 3.63) is 30.3 Å². The van der Waals surface area contributed by atoms with Gasteiger partial charge in [0.25, 0.3) is 0 Å². The number of pyridine rings is 1. The van der Waals surface area contributed by atoms with Crippen LogP contribution < -0.4 is 5.73 Å². The Kier molecular flexibility index (Phi) is 3.11. The van der Waals surface area contributed by atoms with Gasteiger partial charge in [0.2, 0.25) is 0 Å². The Morgan fingerprint density at radius 2 is 2.13 bits per heavy atom. The zero-order valence-corrected chi connectivity index (χ0v) is 9.55. The number of nitrogens with two attached hydrogens (primary N) is 1. The van der Waals surface area contributed by atoms with E-state index in [0.29, 0.717) is 0 Å². The molecule has 0 bridgehead atoms. The Hall–Kier alpha value is -1.22. The van der Waals surface area contributed by atoms with E-state index in [0.717, 1.165) is 27.4 Å². The highest BCUT2D eigenvalue weighted by molar-refractivity contribution is 7.99. The number of aromatic nitrogens is 1. The average molecular weight is 218 g/mol. The van der Waals surface area contributed by atoms with Crippen molar-refractivity contribution < 1.29 is 0 Å². The van der Waals surface area contributed by atoms with E-state index in [9.17, 15) is 0 Å². The molecular weight excluding hydrogens is 204 g/mol. The summed E-state index contributed by atoms with van der Waals surface area (Å²) in [5.41, 5.74) is 7.52. The van der Waals surface area contributed by atoms with E-state index in [-0.39, 0.29) is 0 Å². The third kappa shape index (κ3) is 2.42. The van der Waals surface area contributed by atoms with Crippen molar-refractivity contribution in [3.63, 3.8) is 0 Å². The van der Waals surface area contributed by atoms with Gasteiger partial charge >= 0.3 is 0 Å². The highest BCUT2D eigenvalue weighted by atomic mass is 32.2. The molecule has 0 unspecified atom stereocenters. The Morgan fingerprint density at radius 3 is 2.93 bits per heavy atom. The minimum atomic E-state index is 0.790. The van der Waals surface area contributed by atoms with Crippen molar-refractivity contribution in [2.45, 2.75) is 18.4 Å². The van der Waals surface area contributed by atoms with E-state index in [1.807, 2.05) is 18.2 Å². The fraction of sp³-hybridized carbons (Fsp3) is 0.250. The van der Waals surface area contributed by atoms with E-state index >= 15 is 0 Å². The molecule has 0 aliphatic carbocycles. The van der Waals surface area contributed by atoms with Crippen LogP contribution in [0.4, 0.5) is 5.69 Å². The first-order valence-corrected chi connectivity index (χ1v) is 6.07. The lowest BCUT2D eigenvalue weighted by Crippen LogP contribution is -1.87. The fourth-order valence-corrected chi connectivity index (χ4v) is 2.15. The number of anilines is 1. The first kappa shape index (κ1) is 10.3. The molecule has 78 valence electrons. The molecule has 0 spiro atoms. The molecule has 2 rings (SSSR count). The number of rotatable bonds is 3. The van der Waals surface area contributed by atoms with Crippen LogP contribution in [0.5, 0.6) is 0 Å². The number of nitrogens with zero attached hydrogens (tertiary/aromatic N) is 1. The van der Waals surface area contributed by atoms with Crippen molar-refractivity contribution in [1.29, 1.82) is 0 Å². The number of benzene rings is 1. The van der Waals surface area contributed by atoms with Crippen LogP contribution in [0.1, 0.15) is 13.3 Å². The minimum Gasteiger partial charge on any atom is -0.399 e. The number of nitrogen functional groups attached to an aromatic ring is 1. The lowest BCUT2D eigenvalue weighted by atomic mass is 10.2. The van der Waals surface area contributed by atoms with E-state index < -0.39 is 0 Å². The van der Waals surface area contributed by atoms with E-state index in [4.69, 9.17) is 5.73 Å². The normalized spacial score (nSPS) is 10.7. The highest BCUT2D eigenvalue weighted by Crippen LogP contribution is 2.21. The quantitative estimate of drug-likeness (QED) is 0.634. The van der Waals surface area contributed by atoms with E-state index in [2.05, 4.69) is 24.0 Å². The Balaban J connectivity index is 2.34. The number of hydrogen-bond acceptors (Lipinski definition) is 3. The molecule has 0 amide bonds. The van der Waals surface area contributed by atoms with Gasteiger partial charge in [-0.25, -0.2) is 4.98 Å². The Morgan fingerprint density at radius 1 is 1.27 bits per heavy atom. The molecule has 2 N–H and O–H groups in total. The van der Waals surface area contributed by atoms with Gasteiger partial charge in [-0.1, -0.05) is 13.0 Å². The van der Waals surface area contributed by atoms with E-state index in [1.165, 1.54) is 6.42 Å². The lowest BCUT2D eigenvalue weighted by molar-refractivity contribution is 1.09. The molecule has 0 aliphatic heterocycles. The molecule has 0 saturated heterocycles. The van der Waals surface area contributed by atoms with E-state index in [1.54, 1.807) is 11.8 Å². The molecule has 2 aromatic rings. The second-order valence-corrected chi connectivity index (χ2v) is 4.57. The fourth-order valence-electron chi connectivity index (χ4n) is 1.41. The molecule has 0 aliphatic rings. The third-order valence-corrected chi connectivity index (χ3v) is 3.28. The standard InChI is InChI=1S/C12H14N2S/c1-2-7-15-12-6-3-9-8-10(13)4-5-11(9)14-12/h3-6,8H,2,7,13H2,1H3. The maximum absolute atomic E-state index is 5.71. The molecular formula is C12H14N2S. The molecule has 1 aromatic heterocycles. The summed E-state index contributed by atoms with van der Waals surface area (Å²) in [6.07, 6.45) is 1.17. The van der Waals surface area contributed by atoms with Gasteiger partial charge in [-0.3, -0.25) is 0 Å². The molecule has 1 heterocycles. The van der Waals surface area contributed by atoms with Gasteiger partial charge in [0.05, 0.1) is 10.5 Å². The van der Waals surface area contributed by atoms with Crippen LogP contribution in [0.15, 0.2) is 35.4 Å². The van der Waals surface area contributed by atoms with Crippen LogP contribution in [-0.2, 0) is 0 Å². The van der Waals surface area contributed by atoms with Gasteiger partial charge < -0.3 is 5.73 Å². The maximum Gasteiger partial charge on any atom is 0.0967 e. The molecule has 0 radical (unpaired) electrons. The van der Waals surface area contributed by atoms with Crippen molar-refractivity contribution in [2.24, 2.45) is 0 Å². The summed E-state index contributed by atoms with van der Waals surface area (Å²) in [4.78, 5) is 4.56. The van der Waals surface area contributed by atoms with Crippen molar-refractivity contribution >= 4 is 28.4 Å². The number of hydrogen-bond donors (Lipinski definition) is 1. The monoisotopic (exact) mass is 218 g/mol. The number of fused-ring (bicyclic) bond motifs is 1. The SMILES string of the molecule is CCCSc1ccc2cc(N)ccc2n1. The topological polar surface area (TPSA) is 38.9 Å². The van der Waals surface area contributed by atoms with Gasteiger partial charge in [-0.15, -0.1) is 11.8 Å². The van der Waals surface area contributed by atoms with Crippen LogP contribution >= 0.6 is 11.8 Å². The first-order valence-electron chi connectivity index (χ1n) is 5.08. The summed E-state index contributed by atoms with van der Waals surface area (Å²) in [6.45, 7) is 2.18. The van der Waals surface area contributed by atoms with Crippen molar-refractivity contribution in [3.8, 4) is 0 Å². The van der Waals surface area contributed by atoms with Gasteiger partial charge in [-0.2, -0.15) is 0 Å². The third-order valence-electron chi connectivity index (χ3n) is 2.14. The summed E-state index contributed by atoms with van der Waals surface area (Å²) >= 11 is 1.80. The van der Waals surface area contributed by atoms with Crippen LogP contribution in [0, 0.1) is 0 Å². The van der Waals surface area contributed by atoms with Crippen molar-refractivity contribution in [1.82, 2.24) is 4.98 Å². The second kappa shape index (κ2) is 4.53. The van der Waals surface area contributed by atoms with Gasteiger partial charge in [0.15, 0.2) is 0 Å².